The number of anilines is 1. The molecule has 0 saturated heterocycles. The molecule has 2 N–H and O–H groups in total. The second-order valence-corrected chi connectivity index (χ2v) is 8.93. The van der Waals surface area contributed by atoms with Crippen molar-refractivity contribution in [2.75, 3.05) is 18.7 Å². The normalized spacial score (nSPS) is 19.0. The standard InChI is InChI=1S/C25H28N2O4/c28-23(17-6-9-20(10-7-17)27-24(29)18-4-5-18)26-15-25(12-2-1-3-13-25)19-8-11-21-22(14-19)31-16-30-21/h6-11,14,18H,1-5,12-13,15-16H2,(H,26,28)(H,27,29). The van der Waals surface area contributed by atoms with Crippen molar-refractivity contribution in [3.05, 3.63) is 53.6 Å². The third-order valence-electron chi connectivity index (χ3n) is 6.75. The van der Waals surface area contributed by atoms with Crippen LogP contribution in [0.5, 0.6) is 11.5 Å². The summed E-state index contributed by atoms with van der Waals surface area (Å²) in [6.45, 7) is 0.852. The van der Waals surface area contributed by atoms with Gasteiger partial charge < -0.3 is 20.1 Å². The maximum atomic E-state index is 12.9. The molecule has 0 bridgehead atoms. The third kappa shape index (κ3) is 4.24. The Morgan fingerprint density at radius 2 is 1.68 bits per heavy atom. The topological polar surface area (TPSA) is 76.7 Å². The Labute approximate surface area is 182 Å². The van der Waals surface area contributed by atoms with Crippen LogP contribution in [-0.4, -0.2) is 25.2 Å². The van der Waals surface area contributed by atoms with Crippen molar-refractivity contribution in [2.24, 2.45) is 5.92 Å². The Bertz CT molecular complexity index is 976. The first-order valence-corrected chi connectivity index (χ1v) is 11.2. The van der Waals surface area contributed by atoms with E-state index in [0.717, 1.165) is 55.7 Å². The lowest BCUT2D eigenvalue weighted by Gasteiger charge is -2.38. The summed E-state index contributed by atoms with van der Waals surface area (Å²) in [7, 11) is 0. The predicted molar refractivity (Wildman–Crippen MR) is 117 cm³/mol. The van der Waals surface area contributed by atoms with Gasteiger partial charge in [-0.2, -0.15) is 0 Å². The molecule has 31 heavy (non-hydrogen) atoms. The molecule has 0 radical (unpaired) electrons. The van der Waals surface area contributed by atoms with Crippen LogP contribution in [0.15, 0.2) is 42.5 Å². The van der Waals surface area contributed by atoms with Crippen molar-refractivity contribution < 1.29 is 19.1 Å². The lowest BCUT2D eigenvalue weighted by molar-refractivity contribution is -0.117. The summed E-state index contributed by atoms with van der Waals surface area (Å²) in [6, 6.07) is 13.3. The van der Waals surface area contributed by atoms with Crippen LogP contribution in [0.1, 0.15) is 60.9 Å². The monoisotopic (exact) mass is 420 g/mol. The van der Waals surface area contributed by atoms with Crippen LogP contribution in [0.2, 0.25) is 0 Å². The van der Waals surface area contributed by atoms with Gasteiger partial charge in [0.15, 0.2) is 11.5 Å². The van der Waals surface area contributed by atoms with Gasteiger partial charge in [0, 0.05) is 29.1 Å². The minimum absolute atomic E-state index is 0.0696. The molecular weight excluding hydrogens is 392 g/mol. The molecule has 1 heterocycles. The average molecular weight is 421 g/mol. The molecule has 162 valence electrons. The van der Waals surface area contributed by atoms with Gasteiger partial charge in [0.25, 0.3) is 5.91 Å². The van der Waals surface area contributed by atoms with Crippen LogP contribution in [0.4, 0.5) is 5.69 Å². The maximum Gasteiger partial charge on any atom is 0.251 e. The van der Waals surface area contributed by atoms with Crippen molar-refractivity contribution in [2.45, 2.75) is 50.4 Å². The Morgan fingerprint density at radius 3 is 2.42 bits per heavy atom. The summed E-state index contributed by atoms with van der Waals surface area (Å²) in [5, 5.41) is 6.07. The summed E-state index contributed by atoms with van der Waals surface area (Å²) in [5.74, 6) is 1.71. The van der Waals surface area contributed by atoms with Gasteiger partial charge in [-0.3, -0.25) is 9.59 Å². The zero-order chi connectivity index (χ0) is 21.3. The quantitative estimate of drug-likeness (QED) is 0.726. The van der Waals surface area contributed by atoms with Crippen LogP contribution < -0.4 is 20.1 Å². The Hall–Kier alpha value is -3.02. The SMILES string of the molecule is O=C(NCC1(c2ccc3c(c2)OCO3)CCCCC1)c1ccc(NC(=O)C2CC2)cc1. The maximum absolute atomic E-state index is 12.9. The van der Waals surface area contributed by atoms with Gasteiger partial charge in [-0.05, 0) is 67.6 Å². The van der Waals surface area contributed by atoms with Gasteiger partial charge >= 0.3 is 0 Å². The van der Waals surface area contributed by atoms with E-state index in [0.29, 0.717) is 12.1 Å². The number of amides is 2. The van der Waals surface area contributed by atoms with Gasteiger partial charge in [-0.15, -0.1) is 0 Å². The van der Waals surface area contributed by atoms with E-state index in [2.05, 4.69) is 22.8 Å². The second-order valence-electron chi connectivity index (χ2n) is 8.93. The Balaban J connectivity index is 1.27. The fourth-order valence-corrected chi connectivity index (χ4v) is 4.67. The zero-order valence-electron chi connectivity index (χ0n) is 17.6. The van der Waals surface area contributed by atoms with Gasteiger partial charge in [0.05, 0.1) is 0 Å². The molecule has 5 rings (SSSR count). The number of carbonyl (C=O) groups is 2. The molecule has 2 aromatic rings. The first kappa shape index (κ1) is 19.9. The largest absolute Gasteiger partial charge is 0.454 e. The molecule has 0 unspecified atom stereocenters. The number of ether oxygens (including phenoxy) is 2. The summed E-state index contributed by atoms with van der Waals surface area (Å²) in [5.41, 5.74) is 2.45. The summed E-state index contributed by atoms with van der Waals surface area (Å²) < 4.78 is 11.0. The average Bonchev–Trinajstić information content (AvgIpc) is 3.56. The second kappa shape index (κ2) is 8.25. The number of hydrogen-bond donors (Lipinski definition) is 2. The molecule has 2 aromatic carbocycles. The first-order valence-electron chi connectivity index (χ1n) is 11.2. The molecule has 3 aliphatic rings. The number of carbonyl (C=O) groups excluding carboxylic acids is 2. The highest BCUT2D eigenvalue weighted by atomic mass is 16.7. The fraction of sp³-hybridized carbons (Fsp3) is 0.440. The van der Waals surface area contributed by atoms with E-state index >= 15 is 0 Å². The van der Waals surface area contributed by atoms with Gasteiger partial charge in [-0.25, -0.2) is 0 Å². The molecule has 0 atom stereocenters. The molecule has 2 amide bonds. The highest BCUT2D eigenvalue weighted by Crippen LogP contribution is 2.43. The van der Waals surface area contributed by atoms with Crippen molar-refractivity contribution in [3.8, 4) is 11.5 Å². The third-order valence-corrected chi connectivity index (χ3v) is 6.75. The van der Waals surface area contributed by atoms with Crippen molar-refractivity contribution >= 4 is 17.5 Å². The van der Waals surface area contributed by atoms with Crippen LogP contribution in [0, 0.1) is 5.92 Å². The number of hydrogen-bond acceptors (Lipinski definition) is 4. The molecule has 1 aliphatic heterocycles. The molecule has 0 spiro atoms. The predicted octanol–water partition coefficient (Wildman–Crippen LogP) is 4.40. The Morgan fingerprint density at radius 1 is 0.935 bits per heavy atom. The molecule has 2 aliphatic carbocycles. The van der Waals surface area contributed by atoms with Gasteiger partial charge in [0.2, 0.25) is 12.7 Å². The molecule has 2 fully saturated rings. The van der Waals surface area contributed by atoms with E-state index in [4.69, 9.17) is 9.47 Å². The smallest absolute Gasteiger partial charge is 0.251 e. The highest BCUT2D eigenvalue weighted by Gasteiger charge is 2.35. The molecular formula is C25H28N2O4. The van der Waals surface area contributed by atoms with Gasteiger partial charge in [0.1, 0.15) is 0 Å². The van der Waals surface area contributed by atoms with E-state index in [1.54, 1.807) is 24.3 Å². The molecule has 6 nitrogen and oxygen atoms in total. The molecule has 6 heteroatoms. The van der Waals surface area contributed by atoms with E-state index in [1.807, 2.05) is 6.07 Å². The number of rotatable bonds is 6. The number of fused-ring (bicyclic) bond motifs is 1. The van der Waals surface area contributed by atoms with Crippen molar-refractivity contribution in [3.63, 3.8) is 0 Å². The Kier molecular flexibility index (Phi) is 5.30. The van der Waals surface area contributed by atoms with E-state index in [1.165, 1.54) is 12.0 Å². The van der Waals surface area contributed by atoms with Crippen LogP contribution in [-0.2, 0) is 10.2 Å². The van der Waals surface area contributed by atoms with Crippen molar-refractivity contribution in [1.29, 1.82) is 0 Å². The van der Waals surface area contributed by atoms with E-state index in [-0.39, 0.29) is 29.9 Å². The van der Waals surface area contributed by atoms with Crippen LogP contribution in [0.25, 0.3) is 0 Å². The molecule has 0 aromatic heterocycles. The summed E-state index contributed by atoms with van der Waals surface area (Å²) >= 11 is 0. The van der Waals surface area contributed by atoms with E-state index in [9.17, 15) is 9.59 Å². The van der Waals surface area contributed by atoms with E-state index < -0.39 is 0 Å². The minimum Gasteiger partial charge on any atom is -0.454 e. The fourth-order valence-electron chi connectivity index (χ4n) is 4.67. The highest BCUT2D eigenvalue weighted by molar-refractivity contribution is 5.96. The minimum atomic E-state index is -0.0919. The summed E-state index contributed by atoms with van der Waals surface area (Å²) in [6.07, 6.45) is 7.56. The van der Waals surface area contributed by atoms with Crippen LogP contribution >= 0.6 is 0 Å². The lowest BCUT2D eigenvalue weighted by Crippen LogP contribution is -2.42. The lowest BCUT2D eigenvalue weighted by atomic mass is 9.69. The first-order chi connectivity index (χ1) is 15.1. The van der Waals surface area contributed by atoms with Crippen LogP contribution in [0.3, 0.4) is 0 Å². The number of benzene rings is 2. The number of nitrogens with one attached hydrogen (secondary N) is 2. The van der Waals surface area contributed by atoms with Crippen molar-refractivity contribution in [1.82, 2.24) is 5.32 Å². The zero-order valence-corrected chi connectivity index (χ0v) is 17.6. The van der Waals surface area contributed by atoms with Gasteiger partial charge in [-0.1, -0.05) is 25.3 Å². The molecule has 2 saturated carbocycles. The summed E-state index contributed by atoms with van der Waals surface area (Å²) in [4.78, 5) is 24.8.